The van der Waals surface area contributed by atoms with E-state index < -0.39 is 6.10 Å². The zero-order valence-electron chi connectivity index (χ0n) is 16.4. The maximum absolute atomic E-state index is 13.2. The Morgan fingerprint density at radius 3 is 2.66 bits per heavy atom. The molecule has 0 saturated heterocycles. The van der Waals surface area contributed by atoms with Crippen molar-refractivity contribution in [2.75, 3.05) is 26.3 Å². The zero-order chi connectivity index (χ0) is 20.6. The molecule has 1 heterocycles. The molecule has 0 bridgehead atoms. The van der Waals surface area contributed by atoms with E-state index >= 15 is 0 Å². The number of benzene rings is 2. The molecule has 2 atom stereocenters. The Balaban J connectivity index is 1.61. The highest BCUT2D eigenvalue weighted by molar-refractivity contribution is 6.30. The molecule has 1 aliphatic rings. The van der Waals surface area contributed by atoms with Crippen LogP contribution >= 0.6 is 11.6 Å². The van der Waals surface area contributed by atoms with E-state index in [0.717, 1.165) is 16.8 Å². The van der Waals surface area contributed by atoms with Crippen LogP contribution in [0.2, 0.25) is 5.02 Å². The van der Waals surface area contributed by atoms with Gasteiger partial charge in [0.25, 0.3) is 0 Å². The van der Waals surface area contributed by atoms with Crippen LogP contribution in [0.4, 0.5) is 4.39 Å². The summed E-state index contributed by atoms with van der Waals surface area (Å²) in [4.78, 5) is 7.73. The van der Waals surface area contributed by atoms with Crippen LogP contribution in [0.3, 0.4) is 0 Å². The summed E-state index contributed by atoms with van der Waals surface area (Å²) in [5.74, 6) is -0.267. The number of hydrogen-bond donors (Lipinski definition) is 1. The van der Waals surface area contributed by atoms with Crippen LogP contribution in [0, 0.1) is 5.82 Å². The van der Waals surface area contributed by atoms with Gasteiger partial charge in [0.1, 0.15) is 11.9 Å². The molecule has 5 nitrogen and oxygen atoms in total. The maximum atomic E-state index is 13.2. The zero-order valence-corrected chi connectivity index (χ0v) is 17.2. The van der Waals surface area contributed by atoms with Crippen molar-refractivity contribution < 1.29 is 19.1 Å². The van der Waals surface area contributed by atoms with Gasteiger partial charge in [0.2, 0.25) is 0 Å². The normalized spacial score (nSPS) is 17.3. The van der Waals surface area contributed by atoms with Gasteiger partial charge in [0.05, 0.1) is 18.4 Å². The van der Waals surface area contributed by atoms with E-state index in [1.807, 2.05) is 31.2 Å². The largest absolute Gasteiger partial charge is 0.390 e. The molecule has 3 rings (SSSR count). The fourth-order valence-corrected chi connectivity index (χ4v) is 3.41. The van der Waals surface area contributed by atoms with Crippen LogP contribution < -0.4 is 0 Å². The van der Waals surface area contributed by atoms with Crippen molar-refractivity contribution in [3.63, 3.8) is 0 Å². The van der Waals surface area contributed by atoms with Crippen LogP contribution in [0.5, 0.6) is 0 Å². The molecule has 0 unspecified atom stereocenters. The Kier molecular flexibility index (Phi) is 8.00. The van der Waals surface area contributed by atoms with Gasteiger partial charge in [0.15, 0.2) is 0 Å². The Bertz CT molecular complexity index is 799. The van der Waals surface area contributed by atoms with E-state index in [2.05, 4.69) is 10.1 Å². The number of hydrogen-bond acceptors (Lipinski definition) is 5. The molecule has 1 N–H and O–H groups in total. The SMILES string of the molecule is CCOC[C@H](O)CN(Cc1ccc(F)cc1)C[C@@H]1CC(c2ccc(Cl)cc2)=NO1. The van der Waals surface area contributed by atoms with E-state index in [9.17, 15) is 9.50 Å². The summed E-state index contributed by atoms with van der Waals surface area (Å²) in [5, 5.41) is 15.2. The lowest BCUT2D eigenvalue weighted by molar-refractivity contribution is 0.000489. The van der Waals surface area contributed by atoms with Gasteiger partial charge in [-0.15, -0.1) is 0 Å². The van der Waals surface area contributed by atoms with E-state index in [0.29, 0.717) is 37.7 Å². The second-order valence-electron chi connectivity index (χ2n) is 7.11. The second kappa shape index (κ2) is 10.7. The molecule has 29 heavy (non-hydrogen) atoms. The highest BCUT2D eigenvalue weighted by atomic mass is 35.5. The molecule has 0 aromatic heterocycles. The molecule has 156 valence electrons. The molecular formula is C22H26ClFN2O3. The summed E-state index contributed by atoms with van der Waals surface area (Å²) in [6, 6.07) is 13.9. The predicted octanol–water partition coefficient (Wildman–Crippen LogP) is 3.87. The first kappa shape index (κ1) is 21.7. The highest BCUT2D eigenvalue weighted by Crippen LogP contribution is 2.20. The fraction of sp³-hybridized carbons (Fsp3) is 0.409. The first-order chi connectivity index (χ1) is 14.0. The van der Waals surface area contributed by atoms with E-state index in [1.165, 1.54) is 12.1 Å². The highest BCUT2D eigenvalue weighted by Gasteiger charge is 2.25. The third-order valence-electron chi connectivity index (χ3n) is 4.68. The summed E-state index contributed by atoms with van der Waals surface area (Å²) in [6.45, 7) is 4.30. The van der Waals surface area contributed by atoms with Crippen molar-refractivity contribution in [3.8, 4) is 0 Å². The van der Waals surface area contributed by atoms with Gasteiger partial charge in [-0.3, -0.25) is 4.90 Å². The average Bonchev–Trinajstić information content (AvgIpc) is 3.17. The number of nitrogens with zero attached hydrogens (tertiary/aromatic N) is 2. The fourth-order valence-electron chi connectivity index (χ4n) is 3.28. The van der Waals surface area contributed by atoms with Crippen molar-refractivity contribution in [2.45, 2.75) is 32.1 Å². The van der Waals surface area contributed by atoms with Crippen LogP contribution in [-0.4, -0.2) is 54.2 Å². The van der Waals surface area contributed by atoms with Gasteiger partial charge in [-0.2, -0.15) is 0 Å². The van der Waals surface area contributed by atoms with Crippen LogP contribution in [0.1, 0.15) is 24.5 Å². The molecule has 0 aliphatic carbocycles. The number of aliphatic hydroxyl groups is 1. The second-order valence-corrected chi connectivity index (χ2v) is 7.55. The van der Waals surface area contributed by atoms with E-state index in [4.69, 9.17) is 21.2 Å². The Labute approximate surface area is 175 Å². The third kappa shape index (κ3) is 6.78. The van der Waals surface area contributed by atoms with Crippen LogP contribution in [-0.2, 0) is 16.1 Å². The molecular weight excluding hydrogens is 395 g/mol. The lowest BCUT2D eigenvalue weighted by Gasteiger charge is -2.27. The van der Waals surface area contributed by atoms with Gasteiger partial charge >= 0.3 is 0 Å². The summed E-state index contributed by atoms with van der Waals surface area (Å²) < 4.78 is 18.5. The Morgan fingerprint density at radius 2 is 1.97 bits per heavy atom. The number of oxime groups is 1. The molecule has 0 spiro atoms. The molecule has 7 heteroatoms. The van der Waals surface area contributed by atoms with Crippen LogP contribution in [0.25, 0.3) is 0 Å². The molecule has 1 aliphatic heterocycles. The summed E-state index contributed by atoms with van der Waals surface area (Å²) in [7, 11) is 0. The van der Waals surface area contributed by atoms with Crippen molar-refractivity contribution in [3.05, 3.63) is 70.5 Å². The number of aliphatic hydroxyl groups excluding tert-OH is 1. The first-order valence-corrected chi connectivity index (χ1v) is 10.1. The van der Waals surface area contributed by atoms with E-state index in [1.54, 1.807) is 12.1 Å². The molecule has 0 radical (unpaired) electrons. The molecule has 0 amide bonds. The maximum Gasteiger partial charge on any atom is 0.145 e. The molecule has 2 aromatic carbocycles. The minimum absolute atomic E-state index is 0.125. The minimum atomic E-state index is -0.617. The van der Waals surface area contributed by atoms with Crippen molar-refractivity contribution in [2.24, 2.45) is 5.16 Å². The summed E-state index contributed by atoms with van der Waals surface area (Å²) in [5.41, 5.74) is 2.83. The van der Waals surface area contributed by atoms with E-state index in [-0.39, 0.29) is 18.5 Å². The summed E-state index contributed by atoms with van der Waals surface area (Å²) in [6.07, 6.45) is -0.0720. The van der Waals surface area contributed by atoms with Crippen molar-refractivity contribution >= 4 is 17.3 Å². The Morgan fingerprint density at radius 1 is 1.24 bits per heavy atom. The monoisotopic (exact) mass is 420 g/mol. The quantitative estimate of drug-likeness (QED) is 0.634. The van der Waals surface area contributed by atoms with Crippen LogP contribution in [0.15, 0.2) is 53.7 Å². The lowest BCUT2D eigenvalue weighted by Crippen LogP contribution is -2.39. The molecule has 0 fully saturated rings. The standard InChI is InChI=1S/C22H26ClFN2O3/c1-2-28-15-20(27)13-26(12-16-3-9-19(24)10-4-16)14-21-11-22(25-29-21)17-5-7-18(23)8-6-17/h3-10,20-21,27H,2,11-15H2,1H3/t20-,21+/m1/s1. The lowest BCUT2D eigenvalue weighted by atomic mass is 10.0. The van der Waals surface area contributed by atoms with Gasteiger partial charge in [0, 0.05) is 37.7 Å². The van der Waals surface area contributed by atoms with Crippen molar-refractivity contribution in [1.82, 2.24) is 4.90 Å². The smallest absolute Gasteiger partial charge is 0.145 e. The molecule has 0 saturated carbocycles. The average molecular weight is 421 g/mol. The topological polar surface area (TPSA) is 54.3 Å². The van der Waals surface area contributed by atoms with Gasteiger partial charge in [-0.25, -0.2) is 4.39 Å². The van der Waals surface area contributed by atoms with Crippen molar-refractivity contribution in [1.29, 1.82) is 0 Å². The number of ether oxygens (including phenoxy) is 1. The first-order valence-electron chi connectivity index (χ1n) is 9.74. The van der Waals surface area contributed by atoms with Gasteiger partial charge in [-0.1, -0.05) is 41.0 Å². The minimum Gasteiger partial charge on any atom is -0.390 e. The molecule has 2 aromatic rings. The number of halogens is 2. The Hall–Kier alpha value is -1.99. The number of rotatable bonds is 10. The third-order valence-corrected chi connectivity index (χ3v) is 4.93. The van der Waals surface area contributed by atoms with Gasteiger partial charge in [-0.05, 0) is 42.3 Å². The van der Waals surface area contributed by atoms with Gasteiger partial charge < -0.3 is 14.7 Å². The predicted molar refractivity (Wildman–Crippen MR) is 112 cm³/mol. The summed E-state index contributed by atoms with van der Waals surface area (Å²) >= 11 is 5.95.